The Bertz CT molecular complexity index is 451. The molecule has 0 spiro atoms. The molecule has 6 heteroatoms. The number of thiazole rings is 1. The van der Waals surface area contributed by atoms with E-state index in [1.54, 1.807) is 24.3 Å². The van der Waals surface area contributed by atoms with Gasteiger partial charge in [0.1, 0.15) is 5.52 Å². The molecule has 1 aromatic heterocycles. The van der Waals surface area contributed by atoms with Crippen LogP contribution in [-0.2, 0) is 0 Å². The number of hydrogen-bond donors (Lipinski definition) is 0. The summed E-state index contributed by atoms with van der Waals surface area (Å²) >= 11 is 0. The standard InChI is InChI=1S/C8H5F3NOS/c9-8(10,11)13-14-5-12-6-3-1-2-4-7(6)14/h1-5H/q+1. The van der Waals surface area contributed by atoms with E-state index in [4.69, 9.17) is 0 Å². The molecular formula is C8H5F3NOS+. The normalized spacial score (nSPS) is 13.5. The van der Waals surface area contributed by atoms with Crippen LogP contribution in [0.15, 0.2) is 29.8 Å². The lowest BCUT2D eigenvalue weighted by Crippen LogP contribution is -2.16. The third-order valence-corrected chi connectivity index (χ3v) is 3.00. The summed E-state index contributed by atoms with van der Waals surface area (Å²) < 4.78 is 40.2. The maximum atomic E-state index is 11.9. The number of aromatic nitrogens is 1. The lowest BCUT2D eigenvalue weighted by Gasteiger charge is -1.95. The molecule has 0 saturated heterocycles. The van der Waals surface area contributed by atoms with E-state index in [9.17, 15) is 13.2 Å². The predicted molar refractivity (Wildman–Crippen MR) is 46.9 cm³/mol. The molecule has 14 heavy (non-hydrogen) atoms. The van der Waals surface area contributed by atoms with Crippen molar-refractivity contribution in [1.82, 2.24) is 4.98 Å². The molecule has 0 N–H and O–H groups in total. The van der Waals surface area contributed by atoms with E-state index in [-0.39, 0.29) is 0 Å². The van der Waals surface area contributed by atoms with Gasteiger partial charge in [-0.15, -0.1) is 13.2 Å². The number of nitrogens with zero attached hydrogens (tertiary/aromatic N) is 1. The SMILES string of the molecule is FC(F)(F)O[s+]1cnc2ccccc21. The minimum atomic E-state index is -4.62. The molecule has 2 aromatic rings. The molecule has 74 valence electrons. The Morgan fingerprint density at radius 3 is 2.64 bits per heavy atom. The van der Waals surface area contributed by atoms with E-state index in [0.717, 1.165) is 0 Å². The molecule has 0 fully saturated rings. The van der Waals surface area contributed by atoms with Gasteiger partial charge in [0, 0.05) is 6.07 Å². The molecule has 0 radical (unpaired) electrons. The zero-order valence-corrected chi connectivity index (χ0v) is 7.60. The van der Waals surface area contributed by atoms with Crippen LogP contribution in [0.1, 0.15) is 0 Å². The molecule has 2 nitrogen and oxygen atoms in total. The maximum Gasteiger partial charge on any atom is 0.569 e. The third-order valence-electron chi connectivity index (χ3n) is 1.55. The Kier molecular flexibility index (Phi) is 2.16. The first-order valence-electron chi connectivity index (χ1n) is 3.69. The Balaban J connectivity index is 2.44. The van der Waals surface area contributed by atoms with Crippen molar-refractivity contribution in [2.75, 3.05) is 0 Å². The van der Waals surface area contributed by atoms with Crippen LogP contribution in [0.3, 0.4) is 0 Å². The van der Waals surface area contributed by atoms with Crippen LogP contribution in [0.2, 0.25) is 0 Å². The van der Waals surface area contributed by atoms with Gasteiger partial charge in [-0.2, -0.15) is 4.98 Å². The number of fused-ring (bicyclic) bond motifs is 1. The number of hydrogen-bond acceptors (Lipinski definition) is 2. The highest BCUT2D eigenvalue weighted by Gasteiger charge is 2.38. The fourth-order valence-corrected chi connectivity index (χ4v) is 2.26. The highest BCUT2D eigenvalue weighted by atomic mass is 32.2. The first kappa shape index (κ1) is 9.42. The van der Waals surface area contributed by atoms with Gasteiger partial charge < -0.3 is 0 Å². The van der Waals surface area contributed by atoms with Gasteiger partial charge in [-0.1, -0.05) is 12.1 Å². The van der Waals surface area contributed by atoms with E-state index in [0.29, 0.717) is 10.2 Å². The topological polar surface area (TPSA) is 22.1 Å². The summed E-state index contributed by atoms with van der Waals surface area (Å²) in [4.78, 5) is 3.83. The number of halogens is 3. The van der Waals surface area contributed by atoms with Crippen LogP contribution in [0, 0.1) is 0 Å². The zero-order chi connectivity index (χ0) is 10.2. The molecule has 0 aliphatic carbocycles. The Hall–Kier alpha value is -1.14. The number of benzene rings is 1. The molecule has 1 atom stereocenters. The van der Waals surface area contributed by atoms with Gasteiger partial charge in [-0.25, -0.2) is 0 Å². The summed E-state index contributed by atoms with van der Waals surface area (Å²) in [7, 11) is -1.39. The summed E-state index contributed by atoms with van der Waals surface area (Å²) in [5.74, 6) is 0. The van der Waals surface area contributed by atoms with E-state index in [1.807, 2.05) is 0 Å². The van der Waals surface area contributed by atoms with Crippen molar-refractivity contribution in [3.8, 4) is 0 Å². The van der Waals surface area contributed by atoms with Gasteiger partial charge in [0.25, 0.3) is 5.51 Å². The van der Waals surface area contributed by atoms with Gasteiger partial charge in [-0.05, 0) is 10.2 Å². The van der Waals surface area contributed by atoms with Crippen molar-refractivity contribution in [2.24, 2.45) is 0 Å². The molecular weight excluding hydrogens is 215 g/mol. The van der Waals surface area contributed by atoms with Crippen molar-refractivity contribution < 1.29 is 17.4 Å². The molecule has 2 rings (SSSR count). The van der Waals surface area contributed by atoms with Crippen molar-refractivity contribution in [3.05, 3.63) is 29.8 Å². The molecule has 0 aliphatic heterocycles. The Morgan fingerprint density at radius 2 is 1.93 bits per heavy atom. The van der Waals surface area contributed by atoms with Gasteiger partial charge in [-0.3, -0.25) is 0 Å². The summed E-state index contributed by atoms with van der Waals surface area (Å²) in [5, 5.41) is 0. The molecule has 0 saturated carbocycles. The fraction of sp³-hybridized carbons (Fsp3) is 0.125. The molecule has 0 bridgehead atoms. The summed E-state index contributed by atoms with van der Waals surface area (Å²) in [6.07, 6.45) is -4.62. The van der Waals surface area contributed by atoms with E-state index >= 15 is 0 Å². The lowest BCUT2D eigenvalue weighted by atomic mass is 10.3. The van der Waals surface area contributed by atoms with Crippen molar-refractivity contribution in [2.45, 2.75) is 6.36 Å². The molecule has 1 unspecified atom stereocenters. The number of alkyl halides is 3. The highest BCUT2D eigenvalue weighted by Crippen LogP contribution is 2.31. The second-order valence-corrected chi connectivity index (χ2v) is 3.94. The minimum absolute atomic E-state index is 0.477. The predicted octanol–water partition coefficient (Wildman–Crippen LogP) is 2.93. The molecule has 0 amide bonds. The average Bonchev–Trinajstić information content (AvgIpc) is 2.47. The van der Waals surface area contributed by atoms with Crippen LogP contribution in [0.25, 0.3) is 10.2 Å². The van der Waals surface area contributed by atoms with E-state index in [2.05, 4.69) is 9.17 Å². The van der Waals surface area contributed by atoms with Crippen molar-refractivity contribution in [3.63, 3.8) is 0 Å². The monoisotopic (exact) mass is 220 g/mol. The quantitative estimate of drug-likeness (QED) is 0.689. The van der Waals surface area contributed by atoms with Gasteiger partial charge in [0.05, 0.1) is 0 Å². The average molecular weight is 220 g/mol. The molecule has 1 aromatic carbocycles. The van der Waals surface area contributed by atoms with E-state index in [1.165, 1.54) is 5.51 Å². The Morgan fingerprint density at radius 1 is 1.21 bits per heavy atom. The van der Waals surface area contributed by atoms with Crippen LogP contribution in [0.4, 0.5) is 13.2 Å². The zero-order valence-electron chi connectivity index (χ0n) is 6.78. The fourth-order valence-electron chi connectivity index (χ4n) is 1.06. The van der Waals surface area contributed by atoms with Gasteiger partial charge >= 0.3 is 6.36 Å². The number of para-hydroxylation sites is 1. The van der Waals surface area contributed by atoms with E-state index < -0.39 is 17.1 Å². The first-order chi connectivity index (χ1) is 6.56. The van der Waals surface area contributed by atoms with Crippen molar-refractivity contribution >= 4 is 21.0 Å². The Labute approximate surface area is 80.1 Å². The number of rotatable bonds is 1. The smallest absolute Gasteiger partial charge is 0.197 e. The summed E-state index contributed by atoms with van der Waals surface area (Å²) in [6, 6.07) is 6.61. The second kappa shape index (κ2) is 3.21. The lowest BCUT2D eigenvalue weighted by molar-refractivity contribution is -0.251. The van der Waals surface area contributed by atoms with Crippen LogP contribution >= 0.6 is 10.8 Å². The molecule has 1 heterocycles. The summed E-state index contributed by atoms with van der Waals surface area (Å²) in [5.41, 5.74) is 1.72. The molecule has 0 aliphatic rings. The largest absolute Gasteiger partial charge is 0.569 e. The first-order valence-corrected chi connectivity index (χ1v) is 4.90. The van der Waals surface area contributed by atoms with Gasteiger partial charge in [0.15, 0.2) is 10.8 Å². The van der Waals surface area contributed by atoms with Gasteiger partial charge in [0.2, 0.25) is 4.70 Å². The van der Waals surface area contributed by atoms with Crippen LogP contribution in [0.5, 0.6) is 0 Å². The highest BCUT2D eigenvalue weighted by molar-refractivity contribution is 7.31. The summed E-state index contributed by atoms with van der Waals surface area (Å²) in [6.45, 7) is 0. The maximum absolute atomic E-state index is 11.9. The third kappa shape index (κ3) is 1.85. The second-order valence-electron chi connectivity index (χ2n) is 2.53. The van der Waals surface area contributed by atoms with Crippen LogP contribution < -0.4 is 4.18 Å². The van der Waals surface area contributed by atoms with Crippen molar-refractivity contribution in [1.29, 1.82) is 0 Å². The van der Waals surface area contributed by atoms with Crippen LogP contribution in [-0.4, -0.2) is 11.3 Å². The minimum Gasteiger partial charge on any atom is -0.197 e.